The maximum atomic E-state index is 2.31. The quantitative estimate of drug-likeness (QED) is 0.616. The van der Waals surface area contributed by atoms with Gasteiger partial charge in [-0.05, 0) is 52.5 Å². The lowest BCUT2D eigenvalue weighted by Gasteiger charge is -2.18. The van der Waals surface area contributed by atoms with Gasteiger partial charge in [-0.1, -0.05) is 0 Å². The van der Waals surface area contributed by atoms with Crippen LogP contribution in [0.1, 0.15) is 0 Å². The Morgan fingerprint density at radius 1 is 0.625 bits per heavy atom. The zero-order chi connectivity index (χ0) is 10.8. The molecule has 0 aliphatic rings. The fourth-order valence-electron chi connectivity index (χ4n) is 1.52. The molecule has 0 amide bonds. The molecule has 0 fully saturated rings. The largest absolute Gasteiger partial charge is 0.284 e. The second kappa shape index (κ2) is 4.41. The van der Waals surface area contributed by atoms with Gasteiger partial charge in [0.15, 0.2) is 0 Å². The monoisotopic (exact) mass is 263 g/mol. The van der Waals surface area contributed by atoms with Crippen LogP contribution in [0.4, 0.5) is 15.0 Å². The van der Waals surface area contributed by atoms with Crippen molar-refractivity contribution < 1.29 is 0 Å². The normalized spacial score (nSPS) is 10.5. The van der Waals surface area contributed by atoms with E-state index in [9.17, 15) is 0 Å². The molecular formula is C12H9NS3. The highest BCUT2D eigenvalue weighted by Gasteiger charge is 2.14. The first kappa shape index (κ1) is 10.1. The summed E-state index contributed by atoms with van der Waals surface area (Å²) >= 11 is 5.30. The first-order valence-corrected chi connectivity index (χ1v) is 7.50. The average Bonchev–Trinajstić information content (AvgIpc) is 3.02. The summed E-state index contributed by atoms with van der Waals surface area (Å²) in [4.78, 5) is 2.31. The molecule has 3 aromatic rings. The molecule has 80 valence electrons. The van der Waals surface area contributed by atoms with Crippen molar-refractivity contribution in [3.63, 3.8) is 0 Å². The van der Waals surface area contributed by atoms with Gasteiger partial charge in [0, 0.05) is 0 Å². The molecule has 0 N–H and O–H groups in total. The number of thiophene rings is 3. The number of nitrogens with zero attached hydrogens (tertiary/aromatic N) is 1. The first-order valence-electron chi connectivity index (χ1n) is 4.86. The van der Waals surface area contributed by atoms with Crippen molar-refractivity contribution >= 4 is 49.0 Å². The summed E-state index contributed by atoms with van der Waals surface area (Å²) in [5.74, 6) is 0. The van der Waals surface area contributed by atoms with Crippen molar-refractivity contribution in [1.29, 1.82) is 0 Å². The summed E-state index contributed by atoms with van der Waals surface area (Å²) in [7, 11) is 0. The smallest absolute Gasteiger partial charge is 0.101 e. The second-order valence-electron chi connectivity index (χ2n) is 3.19. The van der Waals surface area contributed by atoms with Crippen LogP contribution in [-0.2, 0) is 0 Å². The Morgan fingerprint density at radius 2 is 1.00 bits per heavy atom. The average molecular weight is 263 g/mol. The molecule has 16 heavy (non-hydrogen) atoms. The molecule has 0 aromatic carbocycles. The van der Waals surface area contributed by atoms with Crippen LogP contribution in [0, 0.1) is 0 Å². The lowest BCUT2D eigenvalue weighted by Crippen LogP contribution is -2.04. The molecule has 0 aliphatic carbocycles. The SMILES string of the molecule is c1csc(N(c2cccs2)c2cccs2)c1. The van der Waals surface area contributed by atoms with E-state index >= 15 is 0 Å². The van der Waals surface area contributed by atoms with Gasteiger partial charge in [-0.15, -0.1) is 34.0 Å². The van der Waals surface area contributed by atoms with Crippen LogP contribution in [0.15, 0.2) is 52.5 Å². The summed E-state index contributed by atoms with van der Waals surface area (Å²) in [5.41, 5.74) is 0. The van der Waals surface area contributed by atoms with Crippen LogP contribution >= 0.6 is 34.0 Å². The highest BCUT2D eigenvalue weighted by molar-refractivity contribution is 7.18. The molecule has 3 rings (SSSR count). The third-order valence-corrected chi connectivity index (χ3v) is 4.74. The predicted molar refractivity (Wildman–Crippen MR) is 74.8 cm³/mol. The van der Waals surface area contributed by atoms with Gasteiger partial charge in [0.1, 0.15) is 15.0 Å². The molecule has 0 bridgehead atoms. The van der Waals surface area contributed by atoms with Crippen molar-refractivity contribution in [1.82, 2.24) is 0 Å². The van der Waals surface area contributed by atoms with Gasteiger partial charge < -0.3 is 0 Å². The van der Waals surface area contributed by atoms with E-state index in [4.69, 9.17) is 0 Å². The number of hydrogen-bond donors (Lipinski definition) is 0. The second-order valence-corrected chi connectivity index (χ2v) is 5.97. The molecule has 0 radical (unpaired) electrons. The maximum Gasteiger partial charge on any atom is 0.101 e. The molecular weight excluding hydrogens is 254 g/mol. The molecule has 1 nitrogen and oxygen atoms in total. The van der Waals surface area contributed by atoms with E-state index in [1.807, 2.05) is 0 Å². The molecule has 3 heterocycles. The molecule has 3 aromatic heterocycles. The number of hydrogen-bond acceptors (Lipinski definition) is 4. The van der Waals surface area contributed by atoms with Crippen LogP contribution < -0.4 is 4.90 Å². The topological polar surface area (TPSA) is 3.24 Å². The Hall–Kier alpha value is -1.10. The molecule has 0 saturated heterocycles. The molecule has 0 saturated carbocycles. The van der Waals surface area contributed by atoms with Gasteiger partial charge in [-0.2, -0.15) is 0 Å². The fourth-order valence-corrected chi connectivity index (χ4v) is 3.96. The van der Waals surface area contributed by atoms with Crippen molar-refractivity contribution in [2.24, 2.45) is 0 Å². The Bertz CT molecular complexity index is 441. The Morgan fingerprint density at radius 3 is 1.25 bits per heavy atom. The molecule has 0 atom stereocenters. The van der Waals surface area contributed by atoms with Crippen molar-refractivity contribution in [2.75, 3.05) is 4.90 Å². The van der Waals surface area contributed by atoms with Crippen molar-refractivity contribution in [2.45, 2.75) is 0 Å². The highest BCUT2D eigenvalue weighted by atomic mass is 32.1. The lowest BCUT2D eigenvalue weighted by molar-refractivity contribution is 1.40. The van der Waals surface area contributed by atoms with Crippen molar-refractivity contribution in [3.05, 3.63) is 52.5 Å². The van der Waals surface area contributed by atoms with Gasteiger partial charge in [0.05, 0.1) is 0 Å². The summed E-state index contributed by atoms with van der Waals surface area (Å²) in [5, 5.41) is 10.1. The number of anilines is 3. The minimum atomic E-state index is 1.27. The summed E-state index contributed by atoms with van der Waals surface area (Å²) in [6.45, 7) is 0. The zero-order valence-electron chi connectivity index (χ0n) is 8.37. The molecule has 0 aliphatic heterocycles. The molecule has 0 spiro atoms. The predicted octanol–water partition coefficient (Wildman–Crippen LogP) is 5.34. The Balaban J connectivity index is 2.09. The zero-order valence-corrected chi connectivity index (χ0v) is 10.8. The third kappa shape index (κ3) is 1.80. The van der Waals surface area contributed by atoms with Gasteiger partial charge in [-0.25, -0.2) is 0 Å². The minimum Gasteiger partial charge on any atom is -0.284 e. The van der Waals surface area contributed by atoms with Crippen LogP contribution in [0.2, 0.25) is 0 Å². The van der Waals surface area contributed by atoms with E-state index in [1.54, 1.807) is 34.0 Å². The van der Waals surface area contributed by atoms with Gasteiger partial charge >= 0.3 is 0 Å². The lowest BCUT2D eigenvalue weighted by atomic mass is 10.5. The van der Waals surface area contributed by atoms with E-state index < -0.39 is 0 Å². The van der Waals surface area contributed by atoms with Crippen LogP contribution in [0.3, 0.4) is 0 Å². The number of rotatable bonds is 3. The molecule has 4 heteroatoms. The fraction of sp³-hybridized carbons (Fsp3) is 0. The van der Waals surface area contributed by atoms with E-state index in [-0.39, 0.29) is 0 Å². The van der Waals surface area contributed by atoms with E-state index in [1.165, 1.54) is 15.0 Å². The maximum absolute atomic E-state index is 2.31. The van der Waals surface area contributed by atoms with Gasteiger partial charge in [0.2, 0.25) is 0 Å². The molecule has 0 unspecified atom stereocenters. The minimum absolute atomic E-state index is 1.27. The van der Waals surface area contributed by atoms with Gasteiger partial charge in [-0.3, -0.25) is 4.90 Å². The van der Waals surface area contributed by atoms with Gasteiger partial charge in [0.25, 0.3) is 0 Å². The van der Waals surface area contributed by atoms with E-state index in [0.717, 1.165) is 0 Å². The first-order chi connectivity index (χ1) is 7.95. The Labute approximate surface area is 106 Å². The van der Waals surface area contributed by atoms with Crippen LogP contribution in [-0.4, -0.2) is 0 Å². The van der Waals surface area contributed by atoms with Crippen molar-refractivity contribution in [3.8, 4) is 0 Å². The third-order valence-electron chi connectivity index (χ3n) is 2.18. The summed E-state index contributed by atoms with van der Waals surface area (Å²) in [6, 6.07) is 12.7. The Kier molecular flexibility index (Phi) is 2.78. The van der Waals surface area contributed by atoms with Crippen LogP contribution in [0.5, 0.6) is 0 Å². The van der Waals surface area contributed by atoms with Crippen LogP contribution in [0.25, 0.3) is 0 Å². The summed E-state index contributed by atoms with van der Waals surface area (Å²) in [6.07, 6.45) is 0. The standard InChI is InChI=1S/C12H9NS3/c1-4-10(14-7-1)13(11-5-2-8-15-11)12-6-3-9-16-12/h1-9H. The summed E-state index contributed by atoms with van der Waals surface area (Å²) < 4.78 is 0. The highest BCUT2D eigenvalue weighted by Crippen LogP contribution is 2.41. The van der Waals surface area contributed by atoms with E-state index in [2.05, 4.69) is 57.4 Å². The van der Waals surface area contributed by atoms with E-state index in [0.29, 0.717) is 0 Å².